The molecule has 8 nitrogen and oxygen atoms in total. The summed E-state index contributed by atoms with van der Waals surface area (Å²) < 4.78 is 0. The van der Waals surface area contributed by atoms with E-state index in [1.165, 1.54) is 0 Å². The molecule has 0 heterocycles. The van der Waals surface area contributed by atoms with Gasteiger partial charge < -0.3 is 32.7 Å². The van der Waals surface area contributed by atoms with E-state index in [1.807, 2.05) is 0 Å². The van der Waals surface area contributed by atoms with Gasteiger partial charge in [0.05, 0.1) is 0 Å². The minimum atomic E-state index is -0.102. The molecular weight excluding hydrogens is 260 g/mol. The average Bonchev–Trinajstić information content (AvgIpc) is 2.44. The molecule has 0 fully saturated rings. The van der Waals surface area contributed by atoms with Gasteiger partial charge in [-0.1, -0.05) is 0 Å². The number of hydrogen-bond donors (Lipinski definition) is 4. The maximum absolute atomic E-state index is 12.0. The Morgan fingerprint density at radius 1 is 0.600 bits per heavy atom. The van der Waals surface area contributed by atoms with Gasteiger partial charge in [0, 0.05) is 65.2 Å². The Hall–Kier alpha value is -1.22. The van der Waals surface area contributed by atoms with Crippen molar-refractivity contribution in [1.29, 1.82) is 0 Å². The fourth-order valence-corrected chi connectivity index (χ4v) is 1.88. The molecule has 0 aromatic carbocycles. The van der Waals surface area contributed by atoms with Gasteiger partial charge in [0.25, 0.3) is 0 Å². The number of amides is 2. The van der Waals surface area contributed by atoms with Gasteiger partial charge in [-0.25, -0.2) is 0 Å². The lowest BCUT2D eigenvalue weighted by molar-refractivity contribution is -0.136. The van der Waals surface area contributed by atoms with Gasteiger partial charge in [0.15, 0.2) is 0 Å². The van der Waals surface area contributed by atoms with E-state index < -0.39 is 0 Å². The van der Waals surface area contributed by atoms with E-state index in [-0.39, 0.29) is 24.7 Å². The van der Waals surface area contributed by atoms with Crippen LogP contribution in [0.1, 0.15) is 12.8 Å². The third kappa shape index (κ3) is 7.39. The first kappa shape index (κ1) is 18.8. The van der Waals surface area contributed by atoms with Gasteiger partial charge in [-0.3, -0.25) is 9.59 Å². The predicted octanol–water partition coefficient (Wildman–Crippen LogP) is -2.74. The number of nitrogens with two attached hydrogens (primary N) is 4. The Kier molecular flexibility index (Phi) is 10.9. The molecule has 0 aliphatic carbocycles. The summed E-state index contributed by atoms with van der Waals surface area (Å²) in [5.41, 5.74) is 21.8. The van der Waals surface area contributed by atoms with Gasteiger partial charge in [-0.15, -0.1) is 0 Å². The molecule has 0 aliphatic heterocycles. The van der Waals surface area contributed by atoms with Gasteiger partial charge in [-0.2, -0.15) is 0 Å². The first-order valence-electron chi connectivity index (χ1n) is 6.96. The lowest BCUT2D eigenvalue weighted by Crippen LogP contribution is -2.41. The third-order valence-electron chi connectivity index (χ3n) is 2.85. The molecule has 2 amide bonds. The number of carbonyl (C=O) groups excluding carboxylic acids is 2. The van der Waals surface area contributed by atoms with Crippen molar-refractivity contribution in [2.75, 3.05) is 52.4 Å². The van der Waals surface area contributed by atoms with Crippen LogP contribution in [0.4, 0.5) is 0 Å². The molecule has 0 unspecified atom stereocenters. The van der Waals surface area contributed by atoms with E-state index in [4.69, 9.17) is 22.9 Å². The maximum Gasteiger partial charge on any atom is 0.223 e. The summed E-state index contributed by atoms with van der Waals surface area (Å²) in [6, 6.07) is 0. The van der Waals surface area contributed by atoms with Crippen LogP contribution in [0.5, 0.6) is 0 Å². The fraction of sp³-hybridized carbons (Fsp3) is 0.833. The topological polar surface area (TPSA) is 145 Å². The maximum atomic E-state index is 12.0. The third-order valence-corrected chi connectivity index (χ3v) is 2.85. The van der Waals surface area contributed by atoms with Crippen LogP contribution in [0.15, 0.2) is 0 Å². The van der Waals surface area contributed by atoms with Crippen molar-refractivity contribution in [3.8, 4) is 0 Å². The Labute approximate surface area is 120 Å². The van der Waals surface area contributed by atoms with Crippen molar-refractivity contribution < 1.29 is 9.59 Å². The molecule has 0 bridgehead atoms. The van der Waals surface area contributed by atoms with Crippen molar-refractivity contribution in [3.63, 3.8) is 0 Å². The van der Waals surface area contributed by atoms with E-state index in [2.05, 4.69) is 0 Å². The molecule has 0 aromatic heterocycles. The average molecular weight is 288 g/mol. The van der Waals surface area contributed by atoms with E-state index in [0.717, 1.165) is 0 Å². The predicted molar refractivity (Wildman–Crippen MR) is 78.6 cm³/mol. The molecule has 118 valence electrons. The quantitative estimate of drug-likeness (QED) is 0.324. The second-order valence-corrected chi connectivity index (χ2v) is 4.42. The lowest BCUT2D eigenvalue weighted by atomic mass is 10.2. The van der Waals surface area contributed by atoms with Crippen molar-refractivity contribution in [1.82, 2.24) is 9.80 Å². The van der Waals surface area contributed by atoms with Crippen LogP contribution in [-0.2, 0) is 9.59 Å². The van der Waals surface area contributed by atoms with Gasteiger partial charge in [0.1, 0.15) is 0 Å². The summed E-state index contributed by atoms with van der Waals surface area (Å²) in [5.74, 6) is -0.204. The van der Waals surface area contributed by atoms with Crippen LogP contribution in [0, 0.1) is 0 Å². The van der Waals surface area contributed by atoms with Crippen molar-refractivity contribution in [3.05, 3.63) is 0 Å². The minimum absolute atomic E-state index is 0.102. The van der Waals surface area contributed by atoms with E-state index >= 15 is 0 Å². The highest BCUT2D eigenvalue weighted by atomic mass is 16.2. The van der Waals surface area contributed by atoms with Crippen LogP contribution in [0.2, 0.25) is 0 Å². The highest BCUT2D eigenvalue weighted by Crippen LogP contribution is 2.01. The number of hydrogen-bond acceptors (Lipinski definition) is 6. The fourth-order valence-electron chi connectivity index (χ4n) is 1.88. The van der Waals surface area contributed by atoms with Crippen LogP contribution in [0.3, 0.4) is 0 Å². The Morgan fingerprint density at radius 3 is 1.05 bits per heavy atom. The summed E-state index contributed by atoms with van der Waals surface area (Å²) in [6.07, 6.45) is 0.314. The van der Waals surface area contributed by atoms with Gasteiger partial charge >= 0.3 is 0 Å². The minimum Gasteiger partial charge on any atom is -0.340 e. The first-order valence-corrected chi connectivity index (χ1v) is 6.96. The first-order chi connectivity index (χ1) is 9.60. The normalized spacial score (nSPS) is 10.4. The molecule has 8 N–H and O–H groups in total. The molecule has 0 rings (SSSR count). The monoisotopic (exact) mass is 288 g/mol. The Balaban J connectivity index is 4.27. The van der Waals surface area contributed by atoms with Crippen LogP contribution < -0.4 is 22.9 Å². The Bertz CT molecular complexity index is 247. The zero-order valence-electron chi connectivity index (χ0n) is 12.1. The summed E-state index contributed by atoms with van der Waals surface area (Å²) in [7, 11) is 0. The highest BCUT2D eigenvalue weighted by Gasteiger charge is 2.17. The SMILES string of the molecule is NCCN(CCN)C(=O)CCC(=O)N(CCN)CCN. The molecule has 0 saturated heterocycles. The molecule has 0 saturated carbocycles. The molecule has 0 spiro atoms. The molecular formula is C12H28N6O2. The highest BCUT2D eigenvalue weighted by molar-refractivity contribution is 5.83. The molecule has 0 aromatic rings. The lowest BCUT2D eigenvalue weighted by Gasteiger charge is -2.23. The molecule has 0 atom stereocenters. The van der Waals surface area contributed by atoms with Gasteiger partial charge in [0.2, 0.25) is 11.8 Å². The summed E-state index contributed by atoms with van der Waals surface area (Å²) in [6.45, 7) is 3.36. The number of rotatable bonds is 11. The summed E-state index contributed by atoms with van der Waals surface area (Å²) in [4.78, 5) is 27.1. The summed E-state index contributed by atoms with van der Waals surface area (Å²) in [5, 5.41) is 0. The van der Waals surface area contributed by atoms with Crippen LogP contribution >= 0.6 is 0 Å². The molecule has 0 aliphatic rings. The van der Waals surface area contributed by atoms with E-state index in [9.17, 15) is 9.59 Å². The van der Waals surface area contributed by atoms with Crippen LogP contribution in [0.25, 0.3) is 0 Å². The zero-order chi connectivity index (χ0) is 15.4. The zero-order valence-corrected chi connectivity index (χ0v) is 12.1. The smallest absolute Gasteiger partial charge is 0.223 e. The second-order valence-electron chi connectivity index (χ2n) is 4.42. The van der Waals surface area contributed by atoms with Crippen LogP contribution in [-0.4, -0.2) is 74.0 Å². The molecule has 20 heavy (non-hydrogen) atoms. The van der Waals surface area contributed by atoms with Crippen molar-refractivity contribution in [2.24, 2.45) is 22.9 Å². The standard InChI is InChI=1S/C12H28N6O2/c13-3-7-17(8-4-14)11(19)1-2-12(20)18(9-5-15)10-6-16/h1-10,13-16H2. The van der Waals surface area contributed by atoms with E-state index in [1.54, 1.807) is 9.80 Å². The van der Waals surface area contributed by atoms with Gasteiger partial charge in [-0.05, 0) is 0 Å². The largest absolute Gasteiger partial charge is 0.340 e. The molecule has 8 heteroatoms. The molecule has 0 radical (unpaired) electrons. The number of carbonyl (C=O) groups is 2. The van der Waals surface area contributed by atoms with E-state index in [0.29, 0.717) is 52.4 Å². The Morgan fingerprint density at radius 2 is 0.850 bits per heavy atom. The number of nitrogens with zero attached hydrogens (tertiary/aromatic N) is 2. The summed E-state index contributed by atoms with van der Waals surface area (Å²) >= 11 is 0. The second kappa shape index (κ2) is 11.6. The van der Waals surface area contributed by atoms with Crippen molar-refractivity contribution in [2.45, 2.75) is 12.8 Å². The van der Waals surface area contributed by atoms with Crippen molar-refractivity contribution >= 4 is 11.8 Å².